The summed E-state index contributed by atoms with van der Waals surface area (Å²) in [4.78, 5) is 7.39. The highest BCUT2D eigenvalue weighted by Gasteiger charge is 2.11. The number of benzene rings is 1. The van der Waals surface area contributed by atoms with Gasteiger partial charge in [-0.1, -0.05) is 0 Å². The summed E-state index contributed by atoms with van der Waals surface area (Å²) in [6.45, 7) is 3.40. The van der Waals surface area contributed by atoms with Crippen LogP contribution in [-0.4, -0.2) is 41.3 Å². The number of hydrogen-bond acceptors (Lipinski definition) is 5. The molecule has 114 valence electrons. The zero-order valence-corrected chi connectivity index (χ0v) is 12.9. The van der Waals surface area contributed by atoms with Crippen molar-refractivity contribution in [3.05, 3.63) is 46.2 Å². The van der Waals surface area contributed by atoms with Crippen molar-refractivity contribution in [2.24, 2.45) is 0 Å². The Morgan fingerprint density at radius 3 is 2.71 bits per heavy atom. The first kappa shape index (κ1) is 15.9. The highest BCUT2D eigenvalue weighted by atomic mass is 32.1. The van der Waals surface area contributed by atoms with E-state index in [2.05, 4.69) is 4.98 Å². The Labute approximate surface area is 127 Å². The number of likely N-dealkylation sites (N-methyl/N-ethyl adjacent to an activating group) is 1. The quantitative estimate of drug-likeness (QED) is 0.853. The maximum atomic E-state index is 12.8. The highest BCUT2D eigenvalue weighted by Crippen LogP contribution is 2.14. The predicted molar refractivity (Wildman–Crippen MR) is 81.1 cm³/mol. The SMILES string of the molecule is Cc1ncc(CN(C)C[C@@H](O)COc2ccc(F)cc2)s1. The molecule has 0 radical (unpaired) electrons. The van der Waals surface area contributed by atoms with Crippen molar-refractivity contribution in [3.63, 3.8) is 0 Å². The number of halogens is 1. The minimum Gasteiger partial charge on any atom is -0.491 e. The van der Waals surface area contributed by atoms with Crippen molar-refractivity contribution in [2.45, 2.75) is 19.6 Å². The van der Waals surface area contributed by atoms with Gasteiger partial charge in [0.05, 0.1) is 5.01 Å². The Kier molecular flexibility index (Phi) is 5.67. The first-order valence-corrected chi connectivity index (χ1v) is 7.51. The molecule has 0 saturated carbocycles. The maximum Gasteiger partial charge on any atom is 0.123 e. The number of thiazole rings is 1. The summed E-state index contributed by atoms with van der Waals surface area (Å²) >= 11 is 1.65. The third-order valence-electron chi connectivity index (χ3n) is 2.87. The van der Waals surface area contributed by atoms with Crippen LogP contribution in [0.5, 0.6) is 5.75 Å². The van der Waals surface area contributed by atoms with Gasteiger partial charge in [-0.2, -0.15) is 0 Å². The van der Waals surface area contributed by atoms with Crippen molar-refractivity contribution in [3.8, 4) is 5.75 Å². The number of nitrogens with zero attached hydrogens (tertiary/aromatic N) is 2. The maximum absolute atomic E-state index is 12.8. The molecule has 2 rings (SSSR count). The van der Waals surface area contributed by atoms with Gasteiger partial charge in [-0.05, 0) is 38.2 Å². The lowest BCUT2D eigenvalue weighted by Crippen LogP contribution is -2.32. The monoisotopic (exact) mass is 310 g/mol. The zero-order chi connectivity index (χ0) is 15.2. The Bertz CT molecular complexity index is 559. The van der Waals surface area contributed by atoms with Crippen LogP contribution in [0.2, 0.25) is 0 Å². The molecule has 1 N–H and O–H groups in total. The first-order chi connectivity index (χ1) is 10.0. The van der Waals surface area contributed by atoms with E-state index in [1.807, 2.05) is 25.1 Å². The van der Waals surface area contributed by atoms with Gasteiger partial charge in [0, 0.05) is 24.2 Å². The molecular weight excluding hydrogens is 291 g/mol. The second kappa shape index (κ2) is 7.49. The summed E-state index contributed by atoms with van der Waals surface area (Å²) in [5.74, 6) is 0.249. The van der Waals surface area contributed by atoms with Crippen molar-refractivity contribution >= 4 is 11.3 Å². The summed E-state index contributed by atoms with van der Waals surface area (Å²) in [7, 11) is 1.94. The lowest BCUT2D eigenvalue weighted by molar-refractivity contribution is 0.0746. The second-order valence-electron chi connectivity index (χ2n) is 4.96. The molecule has 6 heteroatoms. The van der Waals surface area contributed by atoms with Crippen LogP contribution in [0, 0.1) is 12.7 Å². The van der Waals surface area contributed by atoms with Crippen LogP contribution >= 0.6 is 11.3 Å². The molecule has 4 nitrogen and oxygen atoms in total. The largest absolute Gasteiger partial charge is 0.491 e. The molecule has 0 amide bonds. The highest BCUT2D eigenvalue weighted by molar-refractivity contribution is 7.11. The van der Waals surface area contributed by atoms with Crippen LogP contribution in [0.3, 0.4) is 0 Å². The van der Waals surface area contributed by atoms with E-state index >= 15 is 0 Å². The number of aryl methyl sites for hydroxylation is 1. The Balaban J connectivity index is 1.73. The van der Waals surface area contributed by atoms with Gasteiger partial charge in [-0.15, -0.1) is 11.3 Å². The molecule has 0 aliphatic rings. The van der Waals surface area contributed by atoms with Crippen molar-refractivity contribution in [2.75, 3.05) is 20.2 Å². The average molecular weight is 310 g/mol. The number of aliphatic hydroxyl groups is 1. The molecule has 0 saturated heterocycles. The lowest BCUT2D eigenvalue weighted by Gasteiger charge is -2.20. The molecule has 1 atom stereocenters. The van der Waals surface area contributed by atoms with Crippen LogP contribution < -0.4 is 4.74 Å². The third-order valence-corrected chi connectivity index (χ3v) is 3.77. The minimum atomic E-state index is -0.603. The fourth-order valence-electron chi connectivity index (χ4n) is 1.94. The fourth-order valence-corrected chi connectivity index (χ4v) is 2.82. The van der Waals surface area contributed by atoms with Gasteiger partial charge in [-0.25, -0.2) is 9.37 Å². The van der Waals surface area contributed by atoms with Gasteiger partial charge in [0.15, 0.2) is 0 Å². The fraction of sp³-hybridized carbons (Fsp3) is 0.400. The normalized spacial score (nSPS) is 12.6. The van der Waals surface area contributed by atoms with E-state index in [9.17, 15) is 9.50 Å². The van der Waals surface area contributed by atoms with Crippen molar-refractivity contribution < 1.29 is 14.2 Å². The van der Waals surface area contributed by atoms with Crippen molar-refractivity contribution in [1.29, 1.82) is 0 Å². The summed E-state index contributed by atoms with van der Waals surface area (Å²) < 4.78 is 18.2. The summed E-state index contributed by atoms with van der Waals surface area (Å²) in [6.07, 6.45) is 1.26. The van der Waals surface area contributed by atoms with Crippen LogP contribution in [-0.2, 0) is 6.54 Å². The van der Waals surface area contributed by atoms with E-state index in [1.54, 1.807) is 23.5 Å². The number of aromatic nitrogens is 1. The van der Waals surface area contributed by atoms with E-state index < -0.39 is 6.10 Å². The summed E-state index contributed by atoms with van der Waals surface area (Å²) in [5, 5.41) is 11.0. The molecule has 1 heterocycles. The molecule has 21 heavy (non-hydrogen) atoms. The Hall–Kier alpha value is -1.50. The van der Waals surface area contributed by atoms with Crippen molar-refractivity contribution in [1.82, 2.24) is 9.88 Å². The standard InChI is InChI=1S/C15H19FN2O2S/c1-11-17-7-15(21-11)9-18(2)8-13(19)10-20-14-5-3-12(16)4-6-14/h3-7,13,19H,8-10H2,1-2H3/t13-/m1/s1. The van der Waals surface area contributed by atoms with E-state index in [-0.39, 0.29) is 12.4 Å². The number of ether oxygens (including phenoxy) is 1. The van der Waals surface area contributed by atoms with E-state index in [0.29, 0.717) is 12.3 Å². The van der Waals surface area contributed by atoms with E-state index in [4.69, 9.17) is 4.74 Å². The number of rotatable bonds is 7. The third kappa shape index (κ3) is 5.41. The van der Waals surface area contributed by atoms with Gasteiger partial charge in [0.2, 0.25) is 0 Å². The molecule has 0 spiro atoms. The first-order valence-electron chi connectivity index (χ1n) is 6.69. The van der Waals surface area contributed by atoms with Gasteiger partial charge in [-0.3, -0.25) is 4.90 Å². The average Bonchev–Trinajstić information content (AvgIpc) is 2.83. The van der Waals surface area contributed by atoms with Crippen LogP contribution in [0.25, 0.3) is 0 Å². The summed E-state index contributed by atoms with van der Waals surface area (Å²) in [5.41, 5.74) is 0. The van der Waals surface area contributed by atoms with Gasteiger partial charge >= 0.3 is 0 Å². The topological polar surface area (TPSA) is 45.6 Å². The number of aliphatic hydroxyl groups excluding tert-OH is 1. The van der Waals surface area contributed by atoms with Crippen LogP contribution in [0.4, 0.5) is 4.39 Å². The second-order valence-corrected chi connectivity index (χ2v) is 6.28. The molecule has 1 aromatic heterocycles. The summed E-state index contributed by atoms with van der Waals surface area (Å²) in [6, 6.07) is 5.76. The van der Waals surface area contributed by atoms with Crippen LogP contribution in [0.15, 0.2) is 30.5 Å². The van der Waals surface area contributed by atoms with E-state index in [0.717, 1.165) is 11.6 Å². The molecule has 0 bridgehead atoms. The number of hydrogen-bond donors (Lipinski definition) is 1. The molecule has 0 aliphatic carbocycles. The predicted octanol–water partition coefficient (Wildman–Crippen LogP) is 2.46. The van der Waals surface area contributed by atoms with Gasteiger partial charge < -0.3 is 9.84 Å². The molecule has 1 aromatic carbocycles. The molecular formula is C15H19FN2O2S. The molecule has 0 aliphatic heterocycles. The van der Waals surface area contributed by atoms with E-state index in [1.165, 1.54) is 17.0 Å². The zero-order valence-electron chi connectivity index (χ0n) is 12.1. The molecule has 0 unspecified atom stereocenters. The molecule has 0 fully saturated rings. The smallest absolute Gasteiger partial charge is 0.123 e. The minimum absolute atomic E-state index is 0.178. The lowest BCUT2D eigenvalue weighted by atomic mass is 10.3. The van der Waals surface area contributed by atoms with Gasteiger partial charge in [0.1, 0.15) is 24.3 Å². The molecule has 2 aromatic rings. The Morgan fingerprint density at radius 1 is 1.38 bits per heavy atom. The van der Waals surface area contributed by atoms with Crippen LogP contribution in [0.1, 0.15) is 9.88 Å². The van der Waals surface area contributed by atoms with Gasteiger partial charge in [0.25, 0.3) is 0 Å². The Morgan fingerprint density at radius 2 is 2.10 bits per heavy atom.